The van der Waals surface area contributed by atoms with Crippen LogP contribution in [0, 0.1) is 0 Å². The average molecular weight is 392 g/mol. The molecule has 146 valence electrons. The van der Waals surface area contributed by atoms with Gasteiger partial charge in [-0.1, -0.05) is 72.8 Å². The van der Waals surface area contributed by atoms with Crippen LogP contribution in [0.25, 0.3) is 32.7 Å². The second-order valence-corrected chi connectivity index (χ2v) is 7.47. The van der Waals surface area contributed by atoms with Gasteiger partial charge in [-0.15, -0.1) is 0 Å². The van der Waals surface area contributed by atoms with E-state index in [1.807, 2.05) is 72.8 Å². The van der Waals surface area contributed by atoms with E-state index in [-0.39, 0.29) is 17.2 Å². The lowest BCUT2D eigenvalue weighted by Gasteiger charge is -2.17. The van der Waals surface area contributed by atoms with Crippen LogP contribution >= 0.6 is 0 Å². The molecule has 5 aromatic carbocycles. The third-order valence-electron chi connectivity index (χ3n) is 5.63. The number of hydrogen-bond donors (Lipinski definition) is 3. The van der Waals surface area contributed by atoms with Gasteiger partial charge in [-0.3, -0.25) is 0 Å². The number of phenols is 3. The molecule has 0 saturated heterocycles. The Kier molecular flexibility index (Phi) is 4.29. The van der Waals surface area contributed by atoms with Crippen molar-refractivity contribution >= 4 is 21.5 Å². The smallest absolute Gasteiger partial charge is 0.127 e. The summed E-state index contributed by atoms with van der Waals surface area (Å²) >= 11 is 0. The van der Waals surface area contributed by atoms with Gasteiger partial charge in [0.25, 0.3) is 0 Å². The zero-order chi connectivity index (χ0) is 20.7. The van der Waals surface area contributed by atoms with Gasteiger partial charge < -0.3 is 15.3 Å². The highest BCUT2D eigenvalue weighted by atomic mass is 16.3. The summed E-state index contributed by atoms with van der Waals surface area (Å²) in [6, 6.07) is 28.3. The second kappa shape index (κ2) is 7.12. The zero-order valence-corrected chi connectivity index (χ0v) is 16.2. The van der Waals surface area contributed by atoms with Crippen molar-refractivity contribution in [2.75, 3.05) is 0 Å². The standard InChI is InChI=1S/C27H20O3/c28-23-12-6-3-9-19(23)16-20-15-18-8-2-5-11-22(18)26(27(20)30)25-21-10-4-1-7-17(21)13-14-24(25)29/h1-15,28-30H,16H2. The predicted octanol–water partition coefficient (Wildman–Crippen LogP) is 6.37. The minimum Gasteiger partial charge on any atom is -0.508 e. The molecular weight excluding hydrogens is 372 g/mol. The molecule has 5 aromatic rings. The van der Waals surface area contributed by atoms with Crippen molar-refractivity contribution < 1.29 is 15.3 Å². The summed E-state index contributed by atoms with van der Waals surface area (Å²) in [6.45, 7) is 0. The molecule has 0 unspecified atom stereocenters. The Morgan fingerprint density at radius 1 is 0.500 bits per heavy atom. The summed E-state index contributed by atoms with van der Waals surface area (Å²) < 4.78 is 0. The lowest BCUT2D eigenvalue weighted by Crippen LogP contribution is -1.94. The van der Waals surface area contributed by atoms with E-state index in [9.17, 15) is 15.3 Å². The van der Waals surface area contributed by atoms with Crippen LogP contribution in [0.3, 0.4) is 0 Å². The van der Waals surface area contributed by atoms with Gasteiger partial charge in [-0.05, 0) is 50.9 Å². The van der Waals surface area contributed by atoms with Crippen molar-refractivity contribution in [1.82, 2.24) is 0 Å². The van der Waals surface area contributed by atoms with Crippen molar-refractivity contribution in [3.05, 3.63) is 102 Å². The Morgan fingerprint density at radius 2 is 1.13 bits per heavy atom. The van der Waals surface area contributed by atoms with E-state index >= 15 is 0 Å². The summed E-state index contributed by atoms with van der Waals surface area (Å²) in [4.78, 5) is 0. The molecule has 0 spiro atoms. The number of para-hydroxylation sites is 1. The summed E-state index contributed by atoms with van der Waals surface area (Å²) in [7, 11) is 0. The molecule has 0 heterocycles. The van der Waals surface area contributed by atoms with Crippen LogP contribution in [0.1, 0.15) is 11.1 Å². The van der Waals surface area contributed by atoms with Gasteiger partial charge in [-0.25, -0.2) is 0 Å². The van der Waals surface area contributed by atoms with Crippen LogP contribution in [0.4, 0.5) is 0 Å². The molecule has 3 N–H and O–H groups in total. The zero-order valence-electron chi connectivity index (χ0n) is 16.2. The van der Waals surface area contributed by atoms with Crippen LogP contribution in [-0.4, -0.2) is 15.3 Å². The van der Waals surface area contributed by atoms with Crippen LogP contribution in [0.15, 0.2) is 91.0 Å². The third kappa shape index (κ3) is 2.92. The van der Waals surface area contributed by atoms with Crippen molar-refractivity contribution in [2.24, 2.45) is 0 Å². The Bertz CT molecular complexity index is 1400. The first-order chi connectivity index (χ1) is 14.6. The van der Waals surface area contributed by atoms with E-state index in [0.29, 0.717) is 23.1 Å². The summed E-state index contributed by atoms with van der Waals surface area (Å²) in [5.41, 5.74) is 2.64. The van der Waals surface area contributed by atoms with Crippen molar-refractivity contribution in [3.8, 4) is 28.4 Å². The molecule has 0 amide bonds. The Labute approximate surface area is 174 Å². The van der Waals surface area contributed by atoms with Crippen LogP contribution in [0.5, 0.6) is 17.2 Å². The van der Waals surface area contributed by atoms with Gasteiger partial charge in [0, 0.05) is 17.5 Å². The molecule has 5 rings (SSSR count). The quantitative estimate of drug-likeness (QED) is 0.334. The molecular formula is C27H20O3. The first kappa shape index (κ1) is 18.1. The van der Waals surface area contributed by atoms with E-state index < -0.39 is 0 Å². The molecule has 30 heavy (non-hydrogen) atoms. The summed E-state index contributed by atoms with van der Waals surface area (Å²) in [6.07, 6.45) is 0.377. The highest BCUT2D eigenvalue weighted by molar-refractivity contribution is 6.10. The summed E-state index contributed by atoms with van der Waals surface area (Å²) in [5.74, 6) is 0.428. The van der Waals surface area contributed by atoms with Crippen LogP contribution in [0.2, 0.25) is 0 Å². The van der Waals surface area contributed by atoms with Crippen molar-refractivity contribution in [3.63, 3.8) is 0 Å². The number of aromatic hydroxyl groups is 3. The first-order valence-corrected chi connectivity index (χ1v) is 9.85. The highest BCUT2D eigenvalue weighted by Crippen LogP contribution is 2.46. The van der Waals surface area contributed by atoms with Gasteiger partial charge in [-0.2, -0.15) is 0 Å². The maximum Gasteiger partial charge on any atom is 0.127 e. The number of rotatable bonds is 3. The molecule has 0 aliphatic carbocycles. The lowest BCUT2D eigenvalue weighted by molar-refractivity contribution is 0.462. The SMILES string of the molecule is Oc1ccccc1Cc1cc2ccccc2c(-c2c(O)ccc3ccccc23)c1O. The Morgan fingerprint density at radius 3 is 1.90 bits per heavy atom. The first-order valence-electron chi connectivity index (χ1n) is 9.85. The molecule has 3 nitrogen and oxygen atoms in total. The predicted molar refractivity (Wildman–Crippen MR) is 121 cm³/mol. The van der Waals surface area contributed by atoms with E-state index in [0.717, 1.165) is 27.1 Å². The molecule has 0 saturated carbocycles. The molecule has 0 bridgehead atoms. The largest absolute Gasteiger partial charge is 0.508 e. The second-order valence-electron chi connectivity index (χ2n) is 7.47. The van der Waals surface area contributed by atoms with E-state index in [4.69, 9.17) is 0 Å². The third-order valence-corrected chi connectivity index (χ3v) is 5.63. The van der Waals surface area contributed by atoms with E-state index in [1.54, 1.807) is 18.2 Å². The Hall–Kier alpha value is -3.98. The van der Waals surface area contributed by atoms with Crippen molar-refractivity contribution in [1.29, 1.82) is 0 Å². The van der Waals surface area contributed by atoms with Crippen molar-refractivity contribution in [2.45, 2.75) is 6.42 Å². The lowest BCUT2D eigenvalue weighted by atomic mass is 9.89. The molecule has 0 radical (unpaired) electrons. The maximum atomic E-state index is 11.4. The number of hydrogen-bond acceptors (Lipinski definition) is 3. The minimum atomic E-state index is 0.114. The van der Waals surface area contributed by atoms with E-state index in [2.05, 4.69) is 0 Å². The van der Waals surface area contributed by atoms with Gasteiger partial charge >= 0.3 is 0 Å². The maximum absolute atomic E-state index is 11.4. The number of fused-ring (bicyclic) bond motifs is 2. The van der Waals surface area contributed by atoms with Gasteiger partial charge in [0.1, 0.15) is 17.2 Å². The van der Waals surface area contributed by atoms with Gasteiger partial charge in [0.05, 0.1) is 0 Å². The molecule has 3 heteroatoms. The highest BCUT2D eigenvalue weighted by Gasteiger charge is 2.20. The fourth-order valence-corrected chi connectivity index (χ4v) is 4.17. The van der Waals surface area contributed by atoms with Gasteiger partial charge in [0.15, 0.2) is 0 Å². The minimum absolute atomic E-state index is 0.114. The Balaban J connectivity index is 1.84. The average Bonchev–Trinajstić information content (AvgIpc) is 2.77. The topological polar surface area (TPSA) is 60.7 Å². The van der Waals surface area contributed by atoms with Gasteiger partial charge in [0.2, 0.25) is 0 Å². The molecule has 0 fully saturated rings. The van der Waals surface area contributed by atoms with Crippen LogP contribution < -0.4 is 0 Å². The van der Waals surface area contributed by atoms with E-state index in [1.165, 1.54) is 0 Å². The molecule has 0 aliphatic heterocycles. The molecule has 0 aliphatic rings. The summed E-state index contributed by atoms with van der Waals surface area (Å²) in [5, 5.41) is 36.1. The monoisotopic (exact) mass is 392 g/mol. The fourth-order valence-electron chi connectivity index (χ4n) is 4.17. The molecule has 0 aromatic heterocycles. The fraction of sp³-hybridized carbons (Fsp3) is 0.0370. The van der Waals surface area contributed by atoms with Crippen LogP contribution in [-0.2, 0) is 6.42 Å². The number of phenolic OH excluding ortho intramolecular Hbond substituents is 3. The molecule has 0 atom stereocenters. The normalized spacial score (nSPS) is 11.2. The number of benzene rings is 5.